The molecule has 0 fully saturated rings. The zero-order valence-corrected chi connectivity index (χ0v) is 20.4. The van der Waals surface area contributed by atoms with Crippen molar-refractivity contribution in [3.05, 3.63) is 46.5 Å². The van der Waals surface area contributed by atoms with Crippen molar-refractivity contribution in [1.29, 1.82) is 0 Å². The molecule has 0 radical (unpaired) electrons. The quantitative estimate of drug-likeness (QED) is 0.392. The third-order valence-corrected chi connectivity index (χ3v) is 5.24. The first-order chi connectivity index (χ1) is 16.3. The maximum absolute atomic E-state index is 12.6. The number of carboxylic acid groups (broad SMARTS) is 1. The highest BCUT2D eigenvalue weighted by Gasteiger charge is 2.29. The lowest BCUT2D eigenvalue weighted by molar-refractivity contribution is 0.0523. The molecule has 2 aromatic rings. The van der Waals surface area contributed by atoms with Gasteiger partial charge in [0.1, 0.15) is 23.5 Å². The molecule has 0 aliphatic carbocycles. The van der Waals surface area contributed by atoms with E-state index in [1.165, 1.54) is 12.1 Å². The van der Waals surface area contributed by atoms with Crippen LogP contribution in [0.4, 0.5) is 30.6 Å². The van der Waals surface area contributed by atoms with Crippen LogP contribution in [-0.2, 0) is 11.3 Å². The molecule has 9 nitrogen and oxygen atoms in total. The van der Waals surface area contributed by atoms with Crippen molar-refractivity contribution in [1.82, 2.24) is 5.32 Å². The average molecular weight is 513 g/mol. The van der Waals surface area contributed by atoms with Gasteiger partial charge >= 0.3 is 12.1 Å². The number of carbonyl (C=O) groups excluding carboxylic acids is 1. The van der Waals surface area contributed by atoms with Gasteiger partial charge in [-0.15, -0.1) is 0 Å². The summed E-state index contributed by atoms with van der Waals surface area (Å²) < 4.78 is 35.5. The van der Waals surface area contributed by atoms with Gasteiger partial charge in [0, 0.05) is 19.7 Å². The van der Waals surface area contributed by atoms with Gasteiger partial charge in [0.25, 0.3) is 6.43 Å². The minimum atomic E-state index is -2.74. The topological polar surface area (TPSA) is 112 Å². The number of carbonyl (C=O) groups is 2. The monoisotopic (exact) mass is 512 g/mol. The Balaban J connectivity index is 1.74. The van der Waals surface area contributed by atoms with Gasteiger partial charge in [-0.2, -0.15) is 0 Å². The first-order valence-corrected chi connectivity index (χ1v) is 11.1. The summed E-state index contributed by atoms with van der Waals surface area (Å²) in [5.41, 5.74) is 1.49. The molecule has 0 spiro atoms. The summed E-state index contributed by atoms with van der Waals surface area (Å²) in [6.45, 7) is 4.60. The van der Waals surface area contributed by atoms with Crippen molar-refractivity contribution in [2.24, 2.45) is 0 Å². The van der Waals surface area contributed by atoms with Crippen molar-refractivity contribution in [2.45, 2.75) is 45.6 Å². The van der Waals surface area contributed by atoms with Gasteiger partial charge in [-0.1, -0.05) is 17.7 Å². The first kappa shape index (κ1) is 26.1. The number of anilines is 3. The van der Waals surface area contributed by atoms with Crippen LogP contribution in [0.3, 0.4) is 0 Å². The highest BCUT2D eigenvalue weighted by molar-refractivity contribution is 6.33. The van der Waals surface area contributed by atoms with E-state index in [9.17, 15) is 23.5 Å². The summed E-state index contributed by atoms with van der Waals surface area (Å²) in [6.07, 6.45) is -3.83. The van der Waals surface area contributed by atoms with Crippen molar-refractivity contribution >= 4 is 40.7 Å². The third-order valence-electron chi connectivity index (χ3n) is 4.91. The van der Waals surface area contributed by atoms with Crippen LogP contribution in [0.15, 0.2) is 30.3 Å². The Kier molecular flexibility index (Phi) is 7.79. The molecule has 190 valence electrons. The number of benzene rings is 2. The third kappa shape index (κ3) is 6.78. The number of nitrogens with zero attached hydrogens (tertiary/aromatic N) is 1. The number of rotatable bonds is 8. The summed E-state index contributed by atoms with van der Waals surface area (Å²) in [4.78, 5) is 25.3. The van der Waals surface area contributed by atoms with Crippen LogP contribution >= 0.6 is 11.6 Å². The number of nitrogens with one attached hydrogen (secondary N) is 3. The molecule has 0 saturated heterocycles. The average Bonchev–Trinajstić information content (AvgIpc) is 3.05. The molecule has 1 heterocycles. The highest BCUT2D eigenvalue weighted by atomic mass is 35.5. The van der Waals surface area contributed by atoms with Gasteiger partial charge in [0.15, 0.2) is 6.29 Å². The second kappa shape index (κ2) is 10.4. The standard InChI is InChI=1S/C23H27ClF2N4O5/c1-23(2,3)35-22(33)27-10-12-5-6-14(24)15(7-12)28-21-29-16-8-13(20(31)32)18(34-11-19(25)26)9-17(16)30(21)4/h5-9,19,21,28-29H,10-11H2,1-4H3,(H,27,33)(H,31,32). The van der Waals surface area contributed by atoms with Crippen LogP contribution in [-0.4, -0.2) is 49.1 Å². The van der Waals surface area contributed by atoms with E-state index >= 15 is 0 Å². The van der Waals surface area contributed by atoms with Crippen molar-refractivity contribution in [3.63, 3.8) is 0 Å². The van der Waals surface area contributed by atoms with E-state index < -0.39 is 37.0 Å². The van der Waals surface area contributed by atoms with Crippen LogP contribution in [0.25, 0.3) is 0 Å². The number of aromatic carboxylic acids is 1. The predicted octanol–water partition coefficient (Wildman–Crippen LogP) is 4.96. The minimum Gasteiger partial charge on any atom is -0.487 e. The van der Waals surface area contributed by atoms with E-state index in [0.717, 1.165) is 5.56 Å². The Morgan fingerprint density at radius 3 is 2.60 bits per heavy atom. The molecule has 1 atom stereocenters. The fourth-order valence-electron chi connectivity index (χ4n) is 3.36. The summed E-state index contributed by atoms with van der Waals surface area (Å²) in [6, 6.07) is 7.93. The molecule has 1 aliphatic rings. The number of hydrogen-bond donors (Lipinski definition) is 4. The molecule has 1 aliphatic heterocycles. The molecule has 0 saturated carbocycles. The van der Waals surface area contributed by atoms with Crippen molar-refractivity contribution < 1.29 is 33.0 Å². The van der Waals surface area contributed by atoms with Gasteiger partial charge in [-0.25, -0.2) is 18.4 Å². The number of halogens is 3. The van der Waals surface area contributed by atoms with Gasteiger partial charge in [-0.3, -0.25) is 0 Å². The largest absolute Gasteiger partial charge is 0.487 e. The fraction of sp³-hybridized carbons (Fsp3) is 0.391. The van der Waals surface area contributed by atoms with E-state index in [2.05, 4.69) is 16.0 Å². The summed E-state index contributed by atoms with van der Waals surface area (Å²) >= 11 is 6.36. The predicted molar refractivity (Wildman–Crippen MR) is 129 cm³/mol. The second-order valence-electron chi connectivity index (χ2n) is 8.84. The Hall–Kier alpha value is -3.47. The van der Waals surface area contributed by atoms with Crippen LogP contribution in [0.1, 0.15) is 36.7 Å². The zero-order valence-electron chi connectivity index (χ0n) is 19.6. The molecule has 1 amide bonds. The molecule has 0 aromatic heterocycles. The van der Waals surface area contributed by atoms with Crippen molar-refractivity contribution in [3.8, 4) is 5.75 Å². The van der Waals surface area contributed by atoms with Gasteiger partial charge in [0.2, 0.25) is 0 Å². The molecule has 35 heavy (non-hydrogen) atoms. The zero-order chi connectivity index (χ0) is 25.9. The van der Waals surface area contributed by atoms with Crippen LogP contribution in [0, 0.1) is 0 Å². The number of hydrogen-bond acceptors (Lipinski definition) is 7. The Labute approximate surface area is 206 Å². The molecule has 1 unspecified atom stereocenters. The van der Waals surface area contributed by atoms with E-state index in [0.29, 0.717) is 22.1 Å². The first-order valence-electron chi connectivity index (χ1n) is 10.7. The normalized spacial score (nSPS) is 14.9. The van der Waals surface area contributed by atoms with Crippen LogP contribution < -0.4 is 25.6 Å². The van der Waals surface area contributed by atoms with Crippen LogP contribution in [0.5, 0.6) is 5.75 Å². The molecular formula is C23H27ClF2N4O5. The van der Waals surface area contributed by atoms with Gasteiger partial charge < -0.3 is 35.4 Å². The second-order valence-corrected chi connectivity index (χ2v) is 9.25. The van der Waals surface area contributed by atoms with E-state index in [-0.39, 0.29) is 17.9 Å². The lowest BCUT2D eigenvalue weighted by Gasteiger charge is -2.25. The maximum atomic E-state index is 12.6. The molecule has 4 N–H and O–H groups in total. The number of carboxylic acids is 1. The maximum Gasteiger partial charge on any atom is 0.407 e. The smallest absolute Gasteiger partial charge is 0.407 e. The van der Waals surface area contributed by atoms with E-state index in [1.54, 1.807) is 50.9 Å². The van der Waals surface area contributed by atoms with E-state index in [4.69, 9.17) is 21.1 Å². The minimum absolute atomic E-state index is 0.154. The fourth-order valence-corrected chi connectivity index (χ4v) is 3.53. The molecule has 3 rings (SSSR count). The van der Waals surface area contributed by atoms with Crippen molar-refractivity contribution in [2.75, 3.05) is 29.2 Å². The number of ether oxygens (including phenoxy) is 2. The highest BCUT2D eigenvalue weighted by Crippen LogP contribution is 2.39. The number of alkyl carbamates (subject to hydrolysis) is 1. The Bertz CT molecular complexity index is 1110. The summed E-state index contributed by atoms with van der Waals surface area (Å²) in [7, 11) is 1.73. The Morgan fingerprint density at radius 2 is 1.97 bits per heavy atom. The number of amides is 1. The summed E-state index contributed by atoms with van der Waals surface area (Å²) in [5, 5.41) is 18.9. The van der Waals surface area contributed by atoms with Crippen LogP contribution in [0.2, 0.25) is 5.02 Å². The lowest BCUT2D eigenvalue weighted by atomic mass is 10.1. The SMILES string of the molecule is CN1c2cc(OCC(F)F)c(C(=O)O)cc2NC1Nc1cc(CNC(=O)OC(C)(C)C)ccc1Cl. The molecule has 0 bridgehead atoms. The molecule has 2 aromatic carbocycles. The Morgan fingerprint density at radius 1 is 1.26 bits per heavy atom. The lowest BCUT2D eigenvalue weighted by Crippen LogP contribution is -2.39. The molecule has 12 heteroatoms. The molecular weight excluding hydrogens is 486 g/mol. The number of fused-ring (bicyclic) bond motifs is 1. The van der Waals surface area contributed by atoms with Gasteiger partial charge in [-0.05, 0) is 44.5 Å². The summed E-state index contributed by atoms with van der Waals surface area (Å²) in [5.74, 6) is -1.45. The van der Waals surface area contributed by atoms with Gasteiger partial charge in [0.05, 0.1) is 22.1 Å². The number of alkyl halides is 2. The van der Waals surface area contributed by atoms with E-state index in [1.807, 2.05) is 0 Å².